The summed E-state index contributed by atoms with van der Waals surface area (Å²) >= 11 is 0. The first-order chi connectivity index (χ1) is 19.1. The number of carbonyl (C=O) groups is 4. The Morgan fingerprint density at radius 3 is 1.90 bits per heavy atom. The van der Waals surface area contributed by atoms with Gasteiger partial charge in [-0.25, -0.2) is 9.59 Å². The molecule has 236 valence electrons. The number of likely N-dealkylation sites (N-methyl/N-ethyl adjacent to an activating group) is 2. The number of carboxylic acid groups (broad SMARTS) is 1. The lowest BCUT2D eigenvalue weighted by molar-refractivity contribution is -0.142. The number of benzene rings is 1. The monoisotopic (exact) mass is 587 g/mol. The first-order valence-corrected chi connectivity index (χ1v) is 14.6. The standard InChI is InChI=1S/C33H53N3O6/c1-14-32(8,9)25(28(38)35(12)24(21(2)3)20-22(4)29(39)40)34-27(37)26(36(13)30(41)42-31(5,6)7)33(10,11)23-18-16-15-17-19-23/h15-21,24-26H,14H2,1-13H3,(H,34,37)(H,39,40)/b22-20+/t24-,25?,26-/m1/s1. The van der Waals surface area contributed by atoms with Crippen LogP contribution in [0.15, 0.2) is 42.0 Å². The van der Waals surface area contributed by atoms with Crippen LogP contribution in [0.3, 0.4) is 0 Å². The van der Waals surface area contributed by atoms with E-state index in [-0.39, 0.29) is 17.4 Å². The van der Waals surface area contributed by atoms with Crippen molar-refractivity contribution in [3.05, 3.63) is 47.5 Å². The van der Waals surface area contributed by atoms with E-state index in [1.807, 2.05) is 78.8 Å². The molecule has 42 heavy (non-hydrogen) atoms. The molecule has 0 aliphatic carbocycles. The number of carboxylic acids is 1. The van der Waals surface area contributed by atoms with Crippen molar-refractivity contribution in [2.24, 2.45) is 11.3 Å². The average molecular weight is 588 g/mol. The van der Waals surface area contributed by atoms with Crippen LogP contribution in [-0.2, 0) is 24.5 Å². The number of aliphatic carboxylic acids is 1. The molecule has 2 N–H and O–H groups in total. The van der Waals surface area contributed by atoms with Crippen LogP contribution in [0.4, 0.5) is 4.79 Å². The van der Waals surface area contributed by atoms with E-state index >= 15 is 0 Å². The van der Waals surface area contributed by atoms with Crippen molar-refractivity contribution in [1.82, 2.24) is 15.1 Å². The van der Waals surface area contributed by atoms with Crippen molar-refractivity contribution < 1.29 is 29.0 Å². The molecule has 1 aromatic rings. The molecule has 0 fully saturated rings. The summed E-state index contributed by atoms with van der Waals surface area (Å²) in [7, 11) is 3.16. The molecule has 0 bridgehead atoms. The molecule has 0 aliphatic rings. The highest BCUT2D eigenvalue weighted by Gasteiger charge is 2.46. The van der Waals surface area contributed by atoms with Gasteiger partial charge in [-0.15, -0.1) is 0 Å². The lowest BCUT2D eigenvalue weighted by Crippen LogP contribution is -2.63. The molecule has 0 radical (unpaired) electrons. The molecular weight excluding hydrogens is 534 g/mol. The number of carbonyl (C=O) groups excluding carboxylic acids is 3. The predicted octanol–water partition coefficient (Wildman–Crippen LogP) is 5.63. The fraction of sp³-hybridized carbons (Fsp3) is 0.636. The first kappa shape index (κ1) is 36.7. The zero-order valence-corrected chi connectivity index (χ0v) is 27.9. The molecule has 1 aromatic carbocycles. The molecule has 1 rings (SSSR count). The normalized spacial score (nSPS) is 15.0. The van der Waals surface area contributed by atoms with Crippen LogP contribution in [0.2, 0.25) is 0 Å². The summed E-state index contributed by atoms with van der Waals surface area (Å²) in [6, 6.07) is 6.94. The van der Waals surface area contributed by atoms with Gasteiger partial charge in [0.05, 0.1) is 6.04 Å². The fourth-order valence-corrected chi connectivity index (χ4v) is 4.90. The Hall–Kier alpha value is -3.36. The predicted molar refractivity (Wildman–Crippen MR) is 166 cm³/mol. The van der Waals surface area contributed by atoms with Gasteiger partial charge in [0.2, 0.25) is 11.8 Å². The van der Waals surface area contributed by atoms with Gasteiger partial charge in [0.25, 0.3) is 0 Å². The Morgan fingerprint density at radius 2 is 1.48 bits per heavy atom. The largest absolute Gasteiger partial charge is 0.478 e. The summed E-state index contributed by atoms with van der Waals surface area (Å²) < 4.78 is 5.63. The van der Waals surface area contributed by atoms with Crippen molar-refractivity contribution in [3.8, 4) is 0 Å². The second-order valence-electron chi connectivity index (χ2n) is 13.7. The van der Waals surface area contributed by atoms with Crippen molar-refractivity contribution in [1.29, 1.82) is 0 Å². The van der Waals surface area contributed by atoms with Crippen molar-refractivity contribution >= 4 is 23.9 Å². The Morgan fingerprint density at radius 1 is 0.952 bits per heavy atom. The molecule has 9 heteroatoms. The number of amides is 3. The van der Waals surface area contributed by atoms with Crippen LogP contribution in [-0.4, -0.2) is 76.6 Å². The maximum absolute atomic E-state index is 14.3. The van der Waals surface area contributed by atoms with E-state index in [4.69, 9.17) is 4.74 Å². The zero-order chi connectivity index (χ0) is 32.8. The van der Waals surface area contributed by atoms with E-state index in [0.29, 0.717) is 6.42 Å². The van der Waals surface area contributed by atoms with Crippen LogP contribution in [0.5, 0.6) is 0 Å². The summed E-state index contributed by atoms with van der Waals surface area (Å²) in [4.78, 5) is 56.1. The summed E-state index contributed by atoms with van der Waals surface area (Å²) in [5, 5.41) is 12.5. The quantitative estimate of drug-likeness (QED) is 0.306. The van der Waals surface area contributed by atoms with Gasteiger partial charge in [-0.3, -0.25) is 14.5 Å². The maximum Gasteiger partial charge on any atom is 0.410 e. The van der Waals surface area contributed by atoms with E-state index in [0.717, 1.165) is 5.56 Å². The van der Waals surface area contributed by atoms with E-state index in [2.05, 4.69) is 5.32 Å². The van der Waals surface area contributed by atoms with Gasteiger partial charge in [0.15, 0.2) is 0 Å². The minimum Gasteiger partial charge on any atom is -0.478 e. The molecule has 9 nitrogen and oxygen atoms in total. The van der Waals surface area contributed by atoms with Crippen molar-refractivity contribution in [2.75, 3.05) is 14.1 Å². The number of nitrogens with one attached hydrogen (secondary N) is 1. The van der Waals surface area contributed by atoms with E-state index in [1.54, 1.807) is 33.9 Å². The third kappa shape index (κ3) is 9.33. The van der Waals surface area contributed by atoms with Crippen LogP contribution in [0.25, 0.3) is 0 Å². The van der Waals surface area contributed by atoms with Crippen molar-refractivity contribution in [3.63, 3.8) is 0 Å². The zero-order valence-electron chi connectivity index (χ0n) is 27.9. The highest BCUT2D eigenvalue weighted by molar-refractivity contribution is 5.93. The molecule has 0 aliphatic heterocycles. The summed E-state index contributed by atoms with van der Waals surface area (Å²) in [6.07, 6.45) is 1.48. The maximum atomic E-state index is 14.3. The van der Waals surface area contributed by atoms with Crippen LogP contribution in [0.1, 0.15) is 88.1 Å². The summed E-state index contributed by atoms with van der Waals surface area (Å²) in [6.45, 7) is 20.1. The molecule has 0 aromatic heterocycles. The summed E-state index contributed by atoms with van der Waals surface area (Å²) in [5.74, 6) is -1.99. The smallest absolute Gasteiger partial charge is 0.410 e. The van der Waals surface area contributed by atoms with Crippen LogP contribution < -0.4 is 5.32 Å². The molecule has 0 saturated carbocycles. The molecular formula is C33H53N3O6. The number of hydrogen-bond acceptors (Lipinski definition) is 5. The lowest BCUT2D eigenvalue weighted by atomic mass is 9.75. The Kier molecular flexibility index (Phi) is 12.4. The average Bonchev–Trinajstić information content (AvgIpc) is 2.88. The molecule has 0 spiro atoms. The van der Waals surface area contributed by atoms with E-state index in [1.165, 1.54) is 23.8 Å². The number of nitrogens with zero attached hydrogens (tertiary/aromatic N) is 2. The number of hydrogen-bond donors (Lipinski definition) is 2. The fourth-order valence-electron chi connectivity index (χ4n) is 4.90. The first-order valence-electron chi connectivity index (χ1n) is 14.6. The van der Waals surface area contributed by atoms with Gasteiger partial charge in [0.1, 0.15) is 17.7 Å². The van der Waals surface area contributed by atoms with Gasteiger partial charge in [-0.05, 0) is 51.0 Å². The molecule has 3 atom stereocenters. The Bertz CT molecular complexity index is 1130. The van der Waals surface area contributed by atoms with Crippen LogP contribution in [0, 0.1) is 11.3 Å². The highest BCUT2D eigenvalue weighted by Crippen LogP contribution is 2.33. The molecule has 1 unspecified atom stereocenters. The van der Waals surface area contributed by atoms with Gasteiger partial charge >= 0.3 is 12.1 Å². The highest BCUT2D eigenvalue weighted by atomic mass is 16.6. The van der Waals surface area contributed by atoms with Crippen LogP contribution >= 0.6 is 0 Å². The Labute approximate surface area is 252 Å². The third-order valence-corrected chi connectivity index (χ3v) is 7.98. The Balaban J connectivity index is 3.66. The van der Waals surface area contributed by atoms with Gasteiger partial charge < -0.3 is 20.1 Å². The van der Waals surface area contributed by atoms with Gasteiger partial charge in [-0.1, -0.05) is 84.9 Å². The molecule has 0 heterocycles. The number of ether oxygens (including phenoxy) is 1. The van der Waals surface area contributed by atoms with E-state index < -0.39 is 52.5 Å². The number of rotatable bonds is 12. The molecule has 0 saturated heterocycles. The SMILES string of the molecule is CCC(C)(C)C(NC(=O)[C@@H](N(C)C(=O)OC(C)(C)C)C(C)(C)c1ccccc1)C(=O)N(C)[C@H](/C=C(\C)C(=O)O)C(C)C. The molecule has 3 amide bonds. The topological polar surface area (TPSA) is 116 Å². The van der Waals surface area contributed by atoms with Gasteiger partial charge in [-0.2, -0.15) is 0 Å². The van der Waals surface area contributed by atoms with Gasteiger partial charge in [0, 0.05) is 25.1 Å². The minimum absolute atomic E-state index is 0.0857. The third-order valence-electron chi connectivity index (χ3n) is 7.98. The summed E-state index contributed by atoms with van der Waals surface area (Å²) in [5.41, 5.74) is -1.34. The minimum atomic E-state index is -1.06. The lowest BCUT2D eigenvalue weighted by Gasteiger charge is -2.43. The second kappa shape index (κ2) is 14.2. The second-order valence-corrected chi connectivity index (χ2v) is 13.7. The van der Waals surface area contributed by atoms with Crippen molar-refractivity contribution in [2.45, 2.75) is 112 Å². The van der Waals surface area contributed by atoms with E-state index in [9.17, 15) is 24.3 Å².